The molecular formula is C15H23N3O. The molecular weight excluding hydrogens is 238 g/mol. The van der Waals surface area contributed by atoms with E-state index in [0.717, 1.165) is 25.2 Å². The van der Waals surface area contributed by atoms with Gasteiger partial charge >= 0.3 is 0 Å². The quantitative estimate of drug-likeness (QED) is 0.910. The fraction of sp³-hybridized carbons (Fsp3) is 0.600. The van der Waals surface area contributed by atoms with Crippen LogP contribution in [0.25, 0.3) is 0 Å². The lowest BCUT2D eigenvalue weighted by Gasteiger charge is -2.30. The molecule has 0 saturated carbocycles. The van der Waals surface area contributed by atoms with Crippen LogP contribution in [0.5, 0.6) is 0 Å². The van der Waals surface area contributed by atoms with Crippen LogP contribution in [0.1, 0.15) is 44.1 Å². The van der Waals surface area contributed by atoms with Gasteiger partial charge in [-0.2, -0.15) is 0 Å². The Balaban J connectivity index is 2.02. The first-order valence-electron chi connectivity index (χ1n) is 7.08. The first-order valence-corrected chi connectivity index (χ1v) is 7.08. The van der Waals surface area contributed by atoms with Crippen LogP contribution in [0.2, 0.25) is 0 Å². The number of carbonyl (C=O) groups excluding carboxylic acids is 1. The van der Waals surface area contributed by atoms with Crippen LogP contribution in [0.3, 0.4) is 0 Å². The Kier molecular flexibility index (Phi) is 4.40. The Morgan fingerprint density at radius 3 is 2.84 bits per heavy atom. The molecule has 2 rings (SSSR count). The van der Waals surface area contributed by atoms with Gasteiger partial charge in [-0.05, 0) is 44.7 Å². The van der Waals surface area contributed by atoms with Crippen molar-refractivity contribution >= 4 is 11.6 Å². The minimum Gasteiger partial charge on any atom is -0.382 e. The Morgan fingerprint density at radius 1 is 1.47 bits per heavy atom. The van der Waals surface area contributed by atoms with E-state index in [4.69, 9.17) is 0 Å². The number of piperidine rings is 1. The second-order valence-electron chi connectivity index (χ2n) is 5.73. The molecule has 1 atom stereocenters. The number of rotatable bonds is 3. The number of likely N-dealkylation sites (tertiary alicyclic amines) is 1. The first-order chi connectivity index (χ1) is 9.06. The summed E-state index contributed by atoms with van der Waals surface area (Å²) in [6.45, 7) is 8.06. The van der Waals surface area contributed by atoms with Crippen molar-refractivity contribution in [2.75, 3.05) is 18.4 Å². The molecule has 2 heterocycles. The lowest BCUT2D eigenvalue weighted by atomic mass is 10.00. The summed E-state index contributed by atoms with van der Waals surface area (Å²) in [5.74, 6) is 0.655. The molecule has 1 amide bonds. The number of nitrogens with zero attached hydrogens (tertiary/aromatic N) is 2. The van der Waals surface area contributed by atoms with Crippen molar-refractivity contribution in [3.05, 3.63) is 24.0 Å². The number of nitrogens with one attached hydrogen (secondary N) is 1. The molecule has 0 radical (unpaired) electrons. The maximum atomic E-state index is 12.3. The molecule has 1 aromatic rings. The second kappa shape index (κ2) is 6.04. The number of pyridine rings is 1. The normalized spacial score (nSPS) is 19.6. The van der Waals surface area contributed by atoms with Crippen LogP contribution in [0, 0.1) is 5.92 Å². The monoisotopic (exact) mass is 261 g/mol. The Hall–Kier alpha value is -1.58. The maximum absolute atomic E-state index is 12.3. The predicted molar refractivity (Wildman–Crippen MR) is 77.3 cm³/mol. The van der Waals surface area contributed by atoms with E-state index in [1.165, 1.54) is 6.42 Å². The smallest absolute Gasteiger partial charge is 0.272 e. The Morgan fingerprint density at radius 2 is 2.26 bits per heavy atom. The molecule has 0 aliphatic carbocycles. The molecule has 1 unspecified atom stereocenters. The van der Waals surface area contributed by atoms with Gasteiger partial charge in [0, 0.05) is 19.1 Å². The fourth-order valence-corrected chi connectivity index (χ4v) is 2.47. The van der Waals surface area contributed by atoms with Crippen molar-refractivity contribution in [3.8, 4) is 0 Å². The van der Waals surface area contributed by atoms with Gasteiger partial charge in [0.2, 0.25) is 0 Å². The molecule has 1 aliphatic rings. The summed E-state index contributed by atoms with van der Waals surface area (Å²) in [5, 5.41) is 3.27. The zero-order chi connectivity index (χ0) is 13.8. The summed E-state index contributed by atoms with van der Waals surface area (Å²) >= 11 is 0. The van der Waals surface area contributed by atoms with Crippen LogP contribution < -0.4 is 5.32 Å². The van der Waals surface area contributed by atoms with Gasteiger partial charge in [0.1, 0.15) is 5.69 Å². The number of hydrogen-bond donors (Lipinski definition) is 1. The van der Waals surface area contributed by atoms with E-state index < -0.39 is 0 Å². The second-order valence-corrected chi connectivity index (χ2v) is 5.73. The van der Waals surface area contributed by atoms with Gasteiger partial charge in [-0.3, -0.25) is 4.79 Å². The van der Waals surface area contributed by atoms with Gasteiger partial charge in [0.05, 0.1) is 11.9 Å². The standard InChI is InChI=1S/C15H23N3O/c1-11(2)17-13-6-7-14(16-9-13)15(19)18-8-4-5-12(3)10-18/h6-7,9,11-12,17H,4-5,8,10H2,1-3H3. The van der Waals surface area contributed by atoms with Crippen molar-refractivity contribution in [1.82, 2.24) is 9.88 Å². The molecule has 4 nitrogen and oxygen atoms in total. The summed E-state index contributed by atoms with van der Waals surface area (Å²) in [5.41, 5.74) is 1.50. The maximum Gasteiger partial charge on any atom is 0.272 e. The lowest BCUT2D eigenvalue weighted by Crippen LogP contribution is -2.39. The van der Waals surface area contributed by atoms with Gasteiger partial charge in [-0.15, -0.1) is 0 Å². The summed E-state index contributed by atoms with van der Waals surface area (Å²) in [7, 11) is 0. The van der Waals surface area contributed by atoms with Gasteiger partial charge in [0.15, 0.2) is 0 Å². The largest absolute Gasteiger partial charge is 0.382 e. The third kappa shape index (κ3) is 3.69. The molecule has 1 aromatic heterocycles. The third-order valence-corrected chi connectivity index (χ3v) is 3.38. The summed E-state index contributed by atoms with van der Waals surface area (Å²) in [6.07, 6.45) is 4.05. The number of carbonyl (C=O) groups is 1. The number of hydrogen-bond acceptors (Lipinski definition) is 3. The SMILES string of the molecule is CC1CCCN(C(=O)c2ccc(NC(C)C)cn2)C1. The van der Waals surface area contributed by atoms with Crippen LogP contribution in [0.4, 0.5) is 5.69 Å². The zero-order valence-electron chi connectivity index (χ0n) is 12.0. The minimum absolute atomic E-state index is 0.0580. The minimum atomic E-state index is 0.0580. The topological polar surface area (TPSA) is 45.2 Å². The van der Waals surface area contributed by atoms with E-state index in [2.05, 4.69) is 31.1 Å². The highest BCUT2D eigenvalue weighted by Crippen LogP contribution is 2.18. The highest BCUT2D eigenvalue weighted by molar-refractivity contribution is 5.92. The Bertz CT molecular complexity index is 428. The fourth-order valence-electron chi connectivity index (χ4n) is 2.47. The van der Waals surface area contributed by atoms with E-state index in [9.17, 15) is 4.79 Å². The van der Waals surface area contributed by atoms with Crippen LogP contribution in [0.15, 0.2) is 18.3 Å². The predicted octanol–water partition coefficient (Wildman–Crippen LogP) is 2.77. The van der Waals surface area contributed by atoms with Crippen molar-refractivity contribution in [1.29, 1.82) is 0 Å². The highest BCUT2D eigenvalue weighted by atomic mass is 16.2. The lowest BCUT2D eigenvalue weighted by molar-refractivity contribution is 0.0677. The number of aromatic nitrogens is 1. The zero-order valence-corrected chi connectivity index (χ0v) is 12.0. The third-order valence-electron chi connectivity index (χ3n) is 3.38. The van der Waals surface area contributed by atoms with Gasteiger partial charge < -0.3 is 10.2 Å². The highest BCUT2D eigenvalue weighted by Gasteiger charge is 2.22. The molecule has 1 N–H and O–H groups in total. The molecule has 1 aliphatic heterocycles. The van der Waals surface area contributed by atoms with Crippen molar-refractivity contribution < 1.29 is 4.79 Å². The average Bonchev–Trinajstić information content (AvgIpc) is 2.38. The van der Waals surface area contributed by atoms with Crippen LogP contribution in [-0.2, 0) is 0 Å². The van der Waals surface area contributed by atoms with E-state index >= 15 is 0 Å². The summed E-state index contributed by atoms with van der Waals surface area (Å²) in [6, 6.07) is 4.10. The molecule has 19 heavy (non-hydrogen) atoms. The first kappa shape index (κ1) is 13.8. The van der Waals surface area contributed by atoms with Gasteiger partial charge in [-0.1, -0.05) is 6.92 Å². The van der Waals surface area contributed by atoms with E-state index in [0.29, 0.717) is 17.7 Å². The van der Waals surface area contributed by atoms with E-state index in [1.54, 1.807) is 6.20 Å². The molecule has 104 valence electrons. The van der Waals surface area contributed by atoms with E-state index in [-0.39, 0.29) is 5.91 Å². The average molecular weight is 261 g/mol. The Labute approximate surface area is 115 Å². The van der Waals surface area contributed by atoms with Gasteiger partial charge in [-0.25, -0.2) is 4.98 Å². The molecule has 0 aromatic carbocycles. The van der Waals surface area contributed by atoms with Gasteiger partial charge in [0.25, 0.3) is 5.91 Å². The van der Waals surface area contributed by atoms with Crippen molar-refractivity contribution in [2.45, 2.75) is 39.7 Å². The van der Waals surface area contributed by atoms with Crippen LogP contribution >= 0.6 is 0 Å². The molecule has 1 saturated heterocycles. The number of amides is 1. The molecule has 0 bridgehead atoms. The summed E-state index contributed by atoms with van der Waals surface area (Å²) < 4.78 is 0. The van der Waals surface area contributed by atoms with Crippen molar-refractivity contribution in [3.63, 3.8) is 0 Å². The van der Waals surface area contributed by atoms with Crippen LogP contribution in [-0.4, -0.2) is 34.9 Å². The van der Waals surface area contributed by atoms with Crippen molar-refractivity contribution in [2.24, 2.45) is 5.92 Å². The van der Waals surface area contributed by atoms with E-state index in [1.807, 2.05) is 17.0 Å². The molecule has 4 heteroatoms. The number of anilines is 1. The molecule has 0 spiro atoms. The summed E-state index contributed by atoms with van der Waals surface area (Å²) in [4.78, 5) is 18.5. The molecule has 1 fully saturated rings.